The summed E-state index contributed by atoms with van der Waals surface area (Å²) in [6, 6.07) is 17.9. The number of nitrogens with one attached hydrogen (secondary N) is 1. The van der Waals surface area contributed by atoms with Crippen LogP contribution in [-0.2, 0) is 11.3 Å². The summed E-state index contributed by atoms with van der Waals surface area (Å²) in [6.45, 7) is 4.42. The average Bonchev–Trinajstić information content (AvgIpc) is 3.49. The third kappa shape index (κ3) is 4.06. The van der Waals surface area contributed by atoms with Crippen LogP contribution in [0.1, 0.15) is 51.5 Å². The van der Waals surface area contributed by atoms with Crippen LogP contribution in [0.5, 0.6) is 5.75 Å². The number of aromatic nitrogens is 2. The van der Waals surface area contributed by atoms with Crippen molar-refractivity contribution in [2.75, 3.05) is 0 Å². The molecule has 1 amide bonds. The van der Waals surface area contributed by atoms with Gasteiger partial charge in [0.25, 0.3) is 0 Å². The molecule has 1 heterocycles. The van der Waals surface area contributed by atoms with Gasteiger partial charge in [-0.25, -0.2) is 4.98 Å². The summed E-state index contributed by atoms with van der Waals surface area (Å²) >= 11 is 0. The van der Waals surface area contributed by atoms with E-state index in [4.69, 9.17) is 9.72 Å². The second-order valence-electron chi connectivity index (χ2n) is 9.31. The van der Waals surface area contributed by atoms with Gasteiger partial charge in [0.15, 0.2) is 11.9 Å². The summed E-state index contributed by atoms with van der Waals surface area (Å²) in [6.07, 6.45) is 5.07. The van der Waals surface area contributed by atoms with Crippen LogP contribution in [0, 0.1) is 17.8 Å². The van der Waals surface area contributed by atoms with Crippen LogP contribution >= 0.6 is 0 Å². The summed E-state index contributed by atoms with van der Waals surface area (Å²) in [5.74, 6) is 3.92. The number of amides is 1. The minimum absolute atomic E-state index is 0.0478. The Bertz CT molecular complexity index is 1060. The number of hydrogen-bond donors (Lipinski definition) is 1. The van der Waals surface area contributed by atoms with Gasteiger partial charge in [-0.15, -0.1) is 0 Å². The van der Waals surface area contributed by atoms with Gasteiger partial charge in [0.1, 0.15) is 12.3 Å². The molecule has 1 N–H and O–H groups in total. The van der Waals surface area contributed by atoms with Gasteiger partial charge in [-0.1, -0.05) is 36.8 Å². The van der Waals surface area contributed by atoms with Crippen LogP contribution in [0.15, 0.2) is 54.6 Å². The van der Waals surface area contributed by atoms with E-state index in [9.17, 15) is 4.79 Å². The Morgan fingerprint density at radius 1 is 1.10 bits per heavy atom. The van der Waals surface area contributed by atoms with Gasteiger partial charge in [-0.3, -0.25) is 4.79 Å². The Kier molecular flexibility index (Phi) is 5.43. The fraction of sp³-hybridized carbons (Fsp3) is 0.462. The molecule has 31 heavy (non-hydrogen) atoms. The highest BCUT2D eigenvalue weighted by atomic mass is 16.5. The van der Waals surface area contributed by atoms with Gasteiger partial charge in [0, 0.05) is 6.04 Å². The van der Waals surface area contributed by atoms with Gasteiger partial charge in [-0.05, 0) is 75.1 Å². The Morgan fingerprint density at radius 2 is 1.87 bits per heavy atom. The zero-order valence-electron chi connectivity index (χ0n) is 18.3. The van der Waals surface area contributed by atoms with E-state index in [1.54, 1.807) is 0 Å². The topological polar surface area (TPSA) is 56.2 Å². The number of imidazole rings is 1. The van der Waals surface area contributed by atoms with E-state index in [0.29, 0.717) is 5.92 Å². The number of carbonyl (C=O) groups excluding carboxylic acids is 1. The van der Waals surface area contributed by atoms with Gasteiger partial charge >= 0.3 is 0 Å². The minimum Gasteiger partial charge on any atom is -0.483 e. The maximum absolute atomic E-state index is 13.1. The second-order valence-corrected chi connectivity index (χ2v) is 9.31. The van der Waals surface area contributed by atoms with E-state index in [1.165, 1.54) is 25.7 Å². The summed E-state index contributed by atoms with van der Waals surface area (Å²) in [5.41, 5.74) is 1.85. The van der Waals surface area contributed by atoms with Gasteiger partial charge in [-0.2, -0.15) is 0 Å². The molecule has 0 unspecified atom stereocenters. The average molecular weight is 418 g/mol. The van der Waals surface area contributed by atoms with Gasteiger partial charge in [0.05, 0.1) is 11.0 Å². The Balaban J connectivity index is 1.34. The quantitative estimate of drug-likeness (QED) is 0.581. The minimum atomic E-state index is -0.273. The molecule has 2 aliphatic rings. The lowest BCUT2D eigenvalue weighted by Crippen LogP contribution is -2.41. The smallest absolute Gasteiger partial charge is 0.240 e. The molecule has 0 spiro atoms. The van der Waals surface area contributed by atoms with E-state index in [-0.39, 0.29) is 24.6 Å². The molecule has 1 aromatic heterocycles. The van der Waals surface area contributed by atoms with Gasteiger partial charge in [0.2, 0.25) is 5.91 Å². The van der Waals surface area contributed by atoms with E-state index < -0.39 is 0 Å². The van der Waals surface area contributed by atoms with Crippen LogP contribution in [0.4, 0.5) is 0 Å². The van der Waals surface area contributed by atoms with Crippen molar-refractivity contribution in [3.63, 3.8) is 0 Å². The van der Waals surface area contributed by atoms with Crippen LogP contribution < -0.4 is 10.1 Å². The maximum atomic E-state index is 13.1. The van der Waals surface area contributed by atoms with Crippen molar-refractivity contribution in [3.05, 3.63) is 60.4 Å². The summed E-state index contributed by atoms with van der Waals surface area (Å²) in [7, 11) is 0. The zero-order chi connectivity index (χ0) is 21.4. The normalized spacial score (nSPS) is 24.3. The molecule has 0 radical (unpaired) electrons. The molecule has 2 saturated carbocycles. The lowest BCUT2D eigenvalue weighted by molar-refractivity contribution is -0.122. The molecule has 162 valence electrons. The van der Waals surface area contributed by atoms with Crippen LogP contribution in [0.25, 0.3) is 11.0 Å². The van der Waals surface area contributed by atoms with Crippen LogP contribution in [0.2, 0.25) is 0 Å². The highest BCUT2D eigenvalue weighted by Crippen LogP contribution is 2.49. The first kappa shape index (κ1) is 20.1. The first-order chi connectivity index (χ1) is 15.1. The van der Waals surface area contributed by atoms with Crippen molar-refractivity contribution in [3.8, 4) is 5.75 Å². The van der Waals surface area contributed by atoms with E-state index >= 15 is 0 Å². The summed E-state index contributed by atoms with van der Waals surface area (Å²) in [5, 5.41) is 3.30. The van der Waals surface area contributed by atoms with Crippen LogP contribution in [0.3, 0.4) is 0 Å². The largest absolute Gasteiger partial charge is 0.483 e. The number of nitrogens with zero attached hydrogens (tertiary/aromatic N) is 2. The molecule has 5 rings (SSSR count). The third-order valence-electron chi connectivity index (χ3n) is 7.23. The summed E-state index contributed by atoms with van der Waals surface area (Å²) < 4.78 is 8.14. The zero-order valence-corrected chi connectivity index (χ0v) is 18.3. The number of rotatable bonds is 7. The van der Waals surface area contributed by atoms with E-state index in [2.05, 4.69) is 12.2 Å². The van der Waals surface area contributed by atoms with Crippen molar-refractivity contribution in [1.29, 1.82) is 0 Å². The molecule has 2 fully saturated rings. The Labute approximate surface area is 183 Å². The molecule has 2 aromatic carbocycles. The van der Waals surface area contributed by atoms with Crippen molar-refractivity contribution in [2.24, 2.45) is 17.8 Å². The van der Waals surface area contributed by atoms with Crippen LogP contribution in [-0.4, -0.2) is 21.5 Å². The van der Waals surface area contributed by atoms with Crippen molar-refractivity contribution < 1.29 is 9.53 Å². The molecule has 5 nitrogen and oxygen atoms in total. The highest BCUT2D eigenvalue weighted by Gasteiger charge is 2.42. The molecule has 5 heteroatoms. The van der Waals surface area contributed by atoms with Crippen molar-refractivity contribution in [1.82, 2.24) is 14.9 Å². The number of carbonyl (C=O) groups is 1. The van der Waals surface area contributed by atoms with Crippen molar-refractivity contribution >= 4 is 16.9 Å². The number of hydrogen-bond acceptors (Lipinski definition) is 3. The molecule has 5 atom stereocenters. The number of ether oxygens (including phenoxy) is 1. The first-order valence-corrected chi connectivity index (χ1v) is 11.5. The fourth-order valence-corrected chi connectivity index (χ4v) is 5.78. The molecule has 2 bridgehead atoms. The van der Waals surface area contributed by atoms with E-state index in [1.807, 2.05) is 66.1 Å². The molecule has 0 saturated heterocycles. The maximum Gasteiger partial charge on any atom is 0.240 e. The second kappa shape index (κ2) is 8.37. The molecular formula is C26H31N3O2. The third-order valence-corrected chi connectivity index (χ3v) is 7.23. The number of fused-ring (bicyclic) bond motifs is 3. The fourth-order valence-electron chi connectivity index (χ4n) is 5.78. The number of benzene rings is 2. The standard InChI is InChI=1S/C26H31N3O2/c1-17(22-15-19-12-13-20(22)14-19)27-25(30)16-29-24-11-7-6-10-23(24)28-26(29)18(2)31-21-8-4-3-5-9-21/h3-11,17-20,22H,12-16H2,1-2H3,(H,27,30)/t17-,18-,19-,20-,22+/m0/s1. The van der Waals surface area contributed by atoms with E-state index in [0.717, 1.165) is 34.4 Å². The van der Waals surface area contributed by atoms with Crippen molar-refractivity contribution in [2.45, 2.75) is 58.2 Å². The molecule has 2 aliphatic carbocycles. The number of para-hydroxylation sites is 3. The highest BCUT2D eigenvalue weighted by molar-refractivity contribution is 5.81. The molecule has 0 aliphatic heterocycles. The Hall–Kier alpha value is -2.82. The Morgan fingerprint density at radius 3 is 2.61 bits per heavy atom. The molecule has 3 aromatic rings. The first-order valence-electron chi connectivity index (χ1n) is 11.5. The lowest BCUT2D eigenvalue weighted by Gasteiger charge is -2.28. The van der Waals surface area contributed by atoms with Gasteiger partial charge < -0.3 is 14.6 Å². The monoisotopic (exact) mass is 417 g/mol. The predicted molar refractivity (Wildman–Crippen MR) is 122 cm³/mol. The summed E-state index contributed by atoms with van der Waals surface area (Å²) in [4.78, 5) is 17.9. The predicted octanol–water partition coefficient (Wildman–Crippen LogP) is 5.12. The molecular weight excluding hydrogens is 386 g/mol. The lowest BCUT2D eigenvalue weighted by atomic mass is 9.84. The SMILES string of the molecule is C[C@H](Oc1ccccc1)c1nc2ccccc2n1CC(=O)N[C@@H](C)[C@H]1C[C@H]2CC[C@H]1C2.